The number of rotatable bonds is 4. The molecule has 1 heterocycles. The van der Waals surface area contributed by atoms with Crippen LogP contribution in [0.1, 0.15) is 11.1 Å². The first-order valence-corrected chi connectivity index (χ1v) is 7.16. The van der Waals surface area contributed by atoms with E-state index in [1.807, 2.05) is 12.1 Å². The molecule has 0 spiro atoms. The highest BCUT2D eigenvalue weighted by molar-refractivity contribution is 5.94. The molecule has 3 N–H and O–H groups in total. The van der Waals surface area contributed by atoms with E-state index in [1.54, 1.807) is 14.2 Å². The molecule has 7 heteroatoms. The molecular formula is C15H22N3O4+. The average molecular weight is 308 g/mol. The summed E-state index contributed by atoms with van der Waals surface area (Å²) in [6, 6.07) is 3.48. The van der Waals surface area contributed by atoms with Crippen LogP contribution in [0.4, 0.5) is 4.79 Å². The lowest BCUT2D eigenvalue weighted by molar-refractivity contribution is -0.908. The summed E-state index contributed by atoms with van der Waals surface area (Å²) >= 11 is 0. The van der Waals surface area contributed by atoms with E-state index in [9.17, 15) is 9.59 Å². The van der Waals surface area contributed by atoms with Crippen molar-refractivity contribution in [2.75, 3.05) is 34.4 Å². The van der Waals surface area contributed by atoms with E-state index in [2.05, 4.69) is 10.6 Å². The quantitative estimate of drug-likeness (QED) is 0.673. The molecule has 0 aliphatic carbocycles. The van der Waals surface area contributed by atoms with Crippen LogP contribution in [0, 0.1) is 0 Å². The van der Waals surface area contributed by atoms with Gasteiger partial charge in [0.2, 0.25) is 0 Å². The number of benzene rings is 1. The minimum absolute atomic E-state index is 0.265. The maximum absolute atomic E-state index is 11.8. The Bertz CT molecular complexity index is 574. The molecule has 0 bridgehead atoms. The highest BCUT2D eigenvalue weighted by atomic mass is 16.5. The molecule has 0 fully saturated rings. The fourth-order valence-corrected chi connectivity index (χ4v) is 2.64. The van der Waals surface area contributed by atoms with Crippen LogP contribution in [-0.4, -0.2) is 46.3 Å². The molecule has 1 aliphatic heterocycles. The van der Waals surface area contributed by atoms with Crippen molar-refractivity contribution in [2.24, 2.45) is 0 Å². The molecule has 0 aromatic heterocycles. The summed E-state index contributed by atoms with van der Waals surface area (Å²) in [5, 5.41) is 4.65. The van der Waals surface area contributed by atoms with Gasteiger partial charge in [-0.05, 0) is 17.7 Å². The monoisotopic (exact) mass is 308 g/mol. The molecule has 1 unspecified atom stereocenters. The molecule has 1 aromatic carbocycles. The predicted octanol–water partition coefficient (Wildman–Crippen LogP) is -0.900. The third kappa shape index (κ3) is 3.67. The summed E-state index contributed by atoms with van der Waals surface area (Å²) < 4.78 is 10.6. The number of quaternary nitrogens is 1. The molecule has 7 nitrogen and oxygen atoms in total. The predicted molar refractivity (Wildman–Crippen MR) is 80.2 cm³/mol. The van der Waals surface area contributed by atoms with Gasteiger partial charge in [0.25, 0.3) is 5.91 Å². The number of nitrogens with one attached hydrogen (secondary N) is 3. The lowest BCUT2D eigenvalue weighted by Gasteiger charge is -2.26. The van der Waals surface area contributed by atoms with Crippen LogP contribution in [0.25, 0.3) is 0 Å². The highest BCUT2D eigenvalue weighted by Crippen LogP contribution is 2.31. The Morgan fingerprint density at radius 2 is 1.82 bits per heavy atom. The van der Waals surface area contributed by atoms with Crippen LogP contribution in [0.15, 0.2) is 12.1 Å². The summed E-state index contributed by atoms with van der Waals surface area (Å²) in [6.45, 7) is 1.82. The fourth-order valence-electron chi connectivity index (χ4n) is 2.64. The maximum atomic E-state index is 11.8. The van der Waals surface area contributed by atoms with Crippen LogP contribution in [0.3, 0.4) is 0 Å². The van der Waals surface area contributed by atoms with Crippen molar-refractivity contribution in [1.82, 2.24) is 10.6 Å². The normalized spacial score (nSPS) is 16.4. The zero-order valence-electron chi connectivity index (χ0n) is 13.1. The number of methoxy groups -OCH3 is 2. The summed E-state index contributed by atoms with van der Waals surface area (Å²) in [7, 11) is 4.70. The molecule has 0 saturated carbocycles. The van der Waals surface area contributed by atoms with E-state index in [0.29, 0.717) is 5.75 Å². The molecule has 0 radical (unpaired) electrons. The van der Waals surface area contributed by atoms with E-state index in [-0.39, 0.29) is 12.5 Å². The molecule has 1 atom stereocenters. The first kappa shape index (κ1) is 16.1. The van der Waals surface area contributed by atoms with Gasteiger partial charge >= 0.3 is 6.03 Å². The number of carbonyl (C=O) groups is 2. The Balaban J connectivity index is 2.05. The second-order valence-corrected chi connectivity index (χ2v) is 5.21. The van der Waals surface area contributed by atoms with Crippen LogP contribution in [-0.2, 0) is 17.8 Å². The Morgan fingerprint density at radius 1 is 1.18 bits per heavy atom. The molecule has 120 valence electrons. The van der Waals surface area contributed by atoms with Gasteiger partial charge in [-0.3, -0.25) is 10.1 Å². The minimum atomic E-state index is -0.479. The van der Waals surface area contributed by atoms with E-state index >= 15 is 0 Å². The van der Waals surface area contributed by atoms with Crippen molar-refractivity contribution in [1.29, 1.82) is 0 Å². The molecule has 1 aromatic rings. The maximum Gasteiger partial charge on any atom is 0.321 e. The topological polar surface area (TPSA) is 81.1 Å². The van der Waals surface area contributed by atoms with Gasteiger partial charge in [-0.25, -0.2) is 4.79 Å². The molecule has 2 rings (SSSR count). The lowest BCUT2D eigenvalue weighted by atomic mass is 9.99. The summed E-state index contributed by atoms with van der Waals surface area (Å²) in [5.74, 6) is 1.14. The Kier molecular flexibility index (Phi) is 5.21. The van der Waals surface area contributed by atoms with Gasteiger partial charge in [-0.2, -0.15) is 0 Å². The largest absolute Gasteiger partial charge is 0.493 e. The zero-order valence-corrected chi connectivity index (χ0v) is 13.1. The van der Waals surface area contributed by atoms with Crippen molar-refractivity contribution < 1.29 is 24.0 Å². The number of hydrogen-bond donors (Lipinski definition) is 3. The van der Waals surface area contributed by atoms with Gasteiger partial charge in [0.05, 0.1) is 20.8 Å². The molecule has 22 heavy (non-hydrogen) atoms. The number of amides is 3. The van der Waals surface area contributed by atoms with Gasteiger partial charge in [-0.15, -0.1) is 0 Å². The SMILES string of the molecule is CNC(=O)NC(=O)C[NH+]1CCc2cc(OC)c(OC)cc2C1. The lowest BCUT2D eigenvalue weighted by Crippen LogP contribution is -3.13. The number of ether oxygens (including phenoxy) is 2. The third-order valence-electron chi connectivity index (χ3n) is 3.78. The van der Waals surface area contributed by atoms with E-state index in [0.717, 1.165) is 35.7 Å². The number of imide groups is 1. The fraction of sp³-hybridized carbons (Fsp3) is 0.467. The highest BCUT2D eigenvalue weighted by Gasteiger charge is 2.24. The first-order chi connectivity index (χ1) is 10.6. The summed E-state index contributed by atoms with van der Waals surface area (Å²) in [5.41, 5.74) is 2.36. The molecule has 3 amide bonds. The number of hydrogen-bond acceptors (Lipinski definition) is 4. The van der Waals surface area contributed by atoms with Gasteiger partial charge in [0.1, 0.15) is 6.54 Å². The van der Waals surface area contributed by atoms with Crippen molar-refractivity contribution in [3.05, 3.63) is 23.3 Å². The Labute approximate surface area is 129 Å². The average Bonchev–Trinajstić information content (AvgIpc) is 2.53. The number of urea groups is 1. The second kappa shape index (κ2) is 7.13. The van der Waals surface area contributed by atoms with Crippen molar-refractivity contribution in [3.8, 4) is 11.5 Å². The van der Waals surface area contributed by atoms with Gasteiger partial charge in [-0.1, -0.05) is 0 Å². The molecule has 1 aliphatic rings. The minimum Gasteiger partial charge on any atom is -0.493 e. The van der Waals surface area contributed by atoms with Gasteiger partial charge < -0.3 is 19.7 Å². The summed E-state index contributed by atoms with van der Waals surface area (Å²) in [4.78, 5) is 24.0. The number of fused-ring (bicyclic) bond motifs is 1. The van der Waals surface area contributed by atoms with E-state index in [1.165, 1.54) is 12.6 Å². The standard InChI is InChI=1S/C15H21N3O4/c1-16-15(20)17-14(19)9-18-5-4-10-6-12(21-2)13(22-3)7-11(10)8-18/h6-7H,4-5,8-9H2,1-3H3,(H2,16,17,19,20)/p+1. The smallest absolute Gasteiger partial charge is 0.321 e. The van der Waals surface area contributed by atoms with Crippen LogP contribution in [0.5, 0.6) is 11.5 Å². The van der Waals surface area contributed by atoms with Crippen LogP contribution < -0.4 is 25.0 Å². The number of carbonyl (C=O) groups excluding carboxylic acids is 2. The third-order valence-corrected chi connectivity index (χ3v) is 3.78. The van der Waals surface area contributed by atoms with E-state index in [4.69, 9.17) is 9.47 Å². The molecular weight excluding hydrogens is 286 g/mol. The van der Waals surface area contributed by atoms with Gasteiger partial charge in [0.15, 0.2) is 18.0 Å². The van der Waals surface area contributed by atoms with Crippen molar-refractivity contribution in [2.45, 2.75) is 13.0 Å². The molecule has 0 saturated heterocycles. The summed E-state index contributed by atoms with van der Waals surface area (Å²) in [6.07, 6.45) is 0.859. The van der Waals surface area contributed by atoms with Crippen LogP contribution in [0.2, 0.25) is 0 Å². The second-order valence-electron chi connectivity index (χ2n) is 5.21. The van der Waals surface area contributed by atoms with Gasteiger partial charge in [0, 0.05) is 19.0 Å². The van der Waals surface area contributed by atoms with Crippen molar-refractivity contribution >= 4 is 11.9 Å². The Morgan fingerprint density at radius 3 is 2.41 bits per heavy atom. The van der Waals surface area contributed by atoms with Crippen LogP contribution >= 0.6 is 0 Å². The Hall–Kier alpha value is -2.28. The zero-order chi connectivity index (χ0) is 16.1. The van der Waals surface area contributed by atoms with Crippen molar-refractivity contribution in [3.63, 3.8) is 0 Å². The van der Waals surface area contributed by atoms with E-state index < -0.39 is 6.03 Å². The first-order valence-electron chi connectivity index (χ1n) is 7.16.